The second-order valence-corrected chi connectivity index (χ2v) is 7.46. The minimum absolute atomic E-state index is 0.0795. The predicted molar refractivity (Wildman–Crippen MR) is 80.9 cm³/mol. The molecule has 1 aromatic rings. The summed E-state index contributed by atoms with van der Waals surface area (Å²) in [5, 5.41) is 0. The smallest absolute Gasteiger partial charge is 0.422 e. The summed E-state index contributed by atoms with van der Waals surface area (Å²) >= 11 is 0. The summed E-state index contributed by atoms with van der Waals surface area (Å²) in [7, 11) is -3.81. The molecule has 0 spiro atoms. The number of ether oxygens (including phenoxy) is 1. The molecule has 1 fully saturated rings. The number of halogens is 3. The second kappa shape index (κ2) is 7.66. The number of hydrogen-bond acceptors (Lipinski definition) is 5. The lowest BCUT2D eigenvalue weighted by Gasteiger charge is -2.30. The number of sulfonamides is 1. The molecule has 0 radical (unpaired) electrons. The summed E-state index contributed by atoms with van der Waals surface area (Å²) in [4.78, 5) is 3.49. The van der Waals surface area contributed by atoms with Gasteiger partial charge in [0.05, 0.1) is 6.20 Å². The second-order valence-electron chi connectivity index (χ2n) is 5.74. The number of rotatable bonds is 6. The third-order valence-electron chi connectivity index (χ3n) is 3.92. The topological polar surface area (TPSA) is 94.3 Å². The molecule has 2 atom stereocenters. The van der Waals surface area contributed by atoms with E-state index in [2.05, 4.69) is 14.4 Å². The van der Waals surface area contributed by atoms with E-state index in [4.69, 9.17) is 5.73 Å². The lowest BCUT2D eigenvalue weighted by molar-refractivity contribution is -0.154. The van der Waals surface area contributed by atoms with E-state index in [1.54, 1.807) is 0 Å². The minimum atomic E-state index is -4.48. The van der Waals surface area contributed by atoms with Gasteiger partial charge in [-0.15, -0.1) is 0 Å². The lowest BCUT2D eigenvalue weighted by atomic mass is 9.85. The van der Waals surface area contributed by atoms with E-state index >= 15 is 0 Å². The van der Waals surface area contributed by atoms with E-state index in [0.717, 1.165) is 31.5 Å². The number of nitrogens with two attached hydrogens (primary N) is 1. The Hall–Kier alpha value is -1.39. The molecule has 0 aromatic carbocycles. The molecule has 0 aliphatic heterocycles. The average Bonchev–Trinajstić information content (AvgIpc) is 2.53. The quantitative estimate of drug-likeness (QED) is 0.800. The lowest BCUT2D eigenvalue weighted by Crippen LogP contribution is -2.44. The van der Waals surface area contributed by atoms with Gasteiger partial charge in [-0.3, -0.25) is 0 Å². The van der Waals surface area contributed by atoms with Crippen molar-refractivity contribution in [1.82, 2.24) is 9.71 Å². The van der Waals surface area contributed by atoms with Crippen LogP contribution in [0.5, 0.6) is 5.88 Å². The first-order valence-corrected chi connectivity index (χ1v) is 9.07. The maximum absolute atomic E-state index is 12.4. The summed E-state index contributed by atoms with van der Waals surface area (Å²) in [5.74, 6) is -0.209. The summed E-state index contributed by atoms with van der Waals surface area (Å²) < 4.78 is 68.0. The van der Waals surface area contributed by atoms with Gasteiger partial charge < -0.3 is 10.5 Å². The van der Waals surface area contributed by atoms with Crippen LogP contribution in [-0.2, 0) is 10.0 Å². The van der Waals surface area contributed by atoms with Crippen LogP contribution in [0.1, 0.15) is 25.7 Å². The molecule has 1 aliphatic rings. The number of alkyl halides is 3. The molecule has 10 heteroatoms. The Balaban J connectivity index is 2.03. The summed E-state index contributed by atoms with van der Waals surface area (Å²) in [6.45, 7) is -1.08. The third kappa shape index (κ3) is 5.32. The van der Waals surface area contributed by atoms with Crippen molar-refractivity contribution >= 4 is 10.0 Å². The summed E-state index contributed by atoms with van der Waals surface area (Å²) in [6, 6.07) is 2.03. The fourth-order valence-corrected chi connectivity index (χ4v) is 3.96. The van der Waals surface area contributed by atoms with Gasteiger partial charge in [0.1, 0.15) is 4.90 Å². The van der Waals surface area contributed by atoms with Gasteiger partial charge in [0.15, 0.2) is 6.61 Å². The molecule has 0 amide bonds. The monoisotopic (exact) mass is 367 g/mol. The zero-order valence-corrected chi connectivity index (χ0v) is 13.7. The van der Waals surface area contributed by atoms with Crippen LogP contribution >= 0.6 is 0 Å². The van der Waals surface area contributed by atoms with Crippen molar-refractivity contribution in [2.75, 3.05) is 13.2 Å². The first-order valence-electron chi connectivity index (χ1n) is 7.59. The molecule has 2 unspecified atom stereocenters. The van der Waals surface area contributed by atoms with Crippen molar-refractivity contribution in [3.8, 4) is 5.88 Å². The fraction of sp³-hybridized carbons (Fsp3) is 0.643. The summed E-state index contributed by atoms with van der Waals surface area (Å²) in [5.41, 5.74) is 5.68. The predicted octanol–water partition coefficient (Wildman–Crippen LogP) is 1.82. The Bertz CT molecular complexity index is 635. The third-order valence-corrected chi connectivity index (χ3v) is 5.40. The summed E-state index contributed by atoms with van der Waals surface area (Å²) in [6.07, 6.45) is 0.0209. The number of nitrogens with zero attached hydrogens (tertiary/aromatic N) is 1. The molecule has 1 aliphatic carbocycles. The molecule has 6 nitrogen and oxygen atoms in total. The van der Waals surface area contributed by atoms with Gasteiger partial charge in [0.25, 0.3) is 0 Å². The molecular weight excluding hydrogens is 347 g/mol. The Morgan fingerprint density at radius 3 is 2.58 bits per heavy atom. The molecule has 3 N–H and O–H groups in total. The van der Waals surface area contributed by atoms with E-state index in [-0.39, 0.29) is 22.7 Å². The van der Waals surface area contributed by atoms with Crippen molar-refractivity contribution in [3.63, 3.8) is 0 Å². The molecule has 24 heavy (non-hydrogen) atoms. The van der Waals surface area contributed by atoms with Crippen molar-refractivity contribution in [2.45, 2.75) is 42.8 Å². The van der Waals surface area contributed by atoms with Crippen LogP contribution < -0.4 is 15.2 Å². The molecule has 136 valence electrons. The number of aromatic nitrogens is 1. The minimum Gasteiger partial charge on any atom is -0.468 e. The van der Waals surface area contributed by atoms with Crippen molar-refractivity contribution in [1.29, 1.82) is 0 Å². The maximum Gasteiger partial charge on any atom is 0.422 e. The van der Waals surface area contributed by atoms with Crippen LogP contribution in [0.2, 0.25) is 0 Å². The van der Waals surface area contributed by atoms with E-state index in [0.29, 0.717) is 13.0 Å². The molecule has 1 heterocycles. The first-order chi connectivity index (χ1) is 11.2. The van der Waals surface area contributed by atoms with Crippen LogP contribution in [0.15, 0.2) is 23.2 Å². The number of hydrogen-bond donors (Lipinski definition) is 2. The molecule has 0 bridgehead atoms. The van der Waals surface area contributed by atoms with Gasteiger partial charge in [0, 0.05) is 12.1 Å². The highest BCUT2D eigenvalue weighted by Gasteiger charge is 2.30. The van der Waals surface area contributed by atoms with E-state index < -0.39 is 22.8 Å². The van der Waals surface area contributed by atoms with Gasteiger partial charge in [-0.05, 0) is 31.4 Å². The van der Waals surface area contributed by atoms with Gasteiger partial charge in [-0.2, -0.15) is 13.2 Å². The van der Waals surface area contributed by atoms with E-state index in [1.165, 1.54) is 6.07 Å². The molecule has 2 rings (SSSR count). The molecular formula is C14H20F3N3O3S. The Labute approximate surface area is 138 Å². The Morgan fingerprint density at radius 1 is 1.29 bits per heavy atom. The highest BCUT2D eigenvalue weighted by Crippen LogP contribution is 2.25. The maximum atomic E-state index is 12.4. The zero-order valence-electron chi connectivity index (χ0n) is 12.9. The highest BCUT2D eigenvalue weighted by molar-refractivity contribution is 7.89. The van der Waals surface area contributed by atoms with Gasteiger partial charge >= 0.3 is 6.18 Å². The number of nitrogens with one attached hydrogen (secondary N) is 1. The van der Waals surface area contributed by atoms with Crippen LogP contribution in [0.4, 0.5) is 13.2 Å². The largest absolute Gasteiger partial charge is 0.468 e. The standard InChI is InChI=1S/C14H20F3N3O3S/c15-14(16,17)9-23-13-6-5-11(8-19-13)24(21,22)20-12-4-2-1-3-10(12)7-18/h5-6,8,10,12,20H,1-4,7,9,18H2. The van der Waals surface area contributed by atoms with Gasteiger partial charge in [-0.25, -0.2) is 18.1 Å². The Kier molecular flexibility index (Phi) is 6.05. The Morgan fingerprint density at radius 2 is 2.00 bits per heavy atom. The van der Waals surface area contributed by atoms with Crippen LogP contribution in [0.25, 0.3) is 0 Å². The normalized spacial score (nSPS) is 22.3. The van der Waals surface area contributed by atoms with Gasteiger partial charge in [-0.1, -0.05) is 12.8 Å². The van der Waals surface area contributed by atoms with E-state index in [1.807, 2.05) is 0 Å². The van der Waals surface area contributed by atoms with Crippen molar-refractivity contribution < 1.29 is 26.3 Å². The van der Waals surface area contributed by atoms with E-state index in [9.17, 15) is 21.6 Å². The number of pyridine rings is 1. The van der Waals surface area contributed by atoms with Crippen LogP contribution in [0, 0.1) is 5.92 Å². The molecule has 1 aromatic heterocycles. The fourth-order valence-electron chi connectivity index (χ4n) is 2.68. The van der Waals surface area contributed by atoms with Crippen LogP contribution in [-0.4, -0.2) is 38.8 Å². The molecule has 0 saturated heterocycles. The highest BCUT2D eigenvalue weighted by atomic mass is 32.2. The van der Waals surface area contributed by atoms with Crippen molar-refractivity contribution in [2.24, 2.45) is 11.7 Å². The first kappa shape index (κ1) is 18.9. The SMILES string of the molecule is NCC1CCCCC1NS(=O)(=O)c1ccc(OCC(F)(F)F)nc1. The van der Waals surface area contributed by atoms with Crippen molar-refractivity contribution in [3.05, 3.63) is 18.3 Å². The zero-order chi connectivity index (χ0) is 17.8. The molecule has 1 saturated carbocycles. The van der Waals surface area contributed by atoms with Crippen LogP contribution in [0.3, 0.4) is 0 Å². The van der Waals surface area contributed by atoms with Gasteiger partial charge in [0.2, 0.25) is 15.9 Å². The average molecular weight is 367 g/mol.